The zero-order valence-electron chi connectivity index (χ0n) is 14.8. The maximum atomic E-state index is 12.3. The average Bonchev–Trinajstić information content (AvgIpc) is 3.45. The molecule has 0 aliphatic heterocycles. The highest BCUT2D eigenvalue weighted by Gasteiger charge is 2.31. The Morgan fingerprint density at radius 3 is 2.54 bits per heavy atom. The smallest absolute Gasteiger partial charge is 0.460 e. The van der Waals surface area contributed by atoms with E-state index in [2.05, 4.69) is 10.1 Å². The summed E-state index contributed by atoms with van der Waals surface area (Å²) in [6.07, 6.45) is -3.25. The summed E-state index contributed by atoms with van der Waals surface area (Å²) in [7, 11) is 0. The third-order valence-electron chi connectivity index (χ3n) is 4.09. The van der Waals surface area contributed by atoms with Gasteiger partial charge in [0.05, 0.1) is 6.42 Å². The highest BCUT2D eigenvalue weighted by atomic mass is 19.4. The van der Waals surface area contributed by atoms with Crippen molar-refractivity contribution in [1.82, 2.24) is 0 Å². The summed E-state index contributed by atoms with van der Waals surface area (Å²) in [5, 5.41) is 2.82. The van der Waals surface area contributed by atoms with E-state index in [0.29, 0.717) is 16.8 Å². The number of nitrogens with one attached hydrogen (secondary N) is 1. The van der Waals surface area contributed by atoms with Crippen LogP contribution < -0.4 is 10.1 Å². The van der Waals surface area contributed by atoms with Crippen molar-refractivity contribution >= 4 is 17.6 Å². The van der Waals surface area contributed by atoms with E-state index in [4.69, 9.17) is 4.74 Å². The monoisotopic (exact) mass is 393 g/mol. The molecule has 0 unspecified atom stereocenters. The Morgan fingerprint density at radius 1 is 1.07 bits per heavy atom. The number of anilines is 1. The SMILES string of the molecule is O=C(Cc1cccc(OC(F)(F)F)c1)OCc1ccccc1NC(=O)C1CC1. The molecule has 5 nitrogen and oxygen atoms in total. The number of hydrogen-bond acceptors (Lipinski definition) is 4. The molecular formula is C20H18F3NO4. The zero-order chi connectivity index (χ0) is 20.1. The van der Waals surface area contributed by atoms with Gasteiger partial charge in [0.1, 0.15) is 12.4 Å². The fraction of sp³-hybridized carbons (Fsp3) is 0.300. The second-order valence-corrected chi connectivity index (χ2v) is 6.45. The summed E-state index contributed by atoms with van der Waals surface area (Å²) in [5.41, 5.74) is 1.55. The van der Waals surface area contributed by atoms with Crippen LogP contribution in [0.25, 0.3) is 0 Å². The summed E-state index contributed by atoms with van der Waals surface area (Å²) in [4.78, 5) is 24.0. The highest BCUT2D eigenvalue weighted by molar-refractivity contribution is 5.94. The quantitative estimate of drug-likeness (QED) is 0.716. The molecule has 2 aromatic carbocycles. The van der Waals surface area contributed by atoms with E-state index < -0.39 is 18.1 Å². The molecule has 28 heavy (non-hydrogen) atoms. The number of carbonyl (C=O) groups is 2. The number of hydrogen-bond donors (Lipinski definition) is 1. The average molecular weight is 393 g/mol. The van der Waals surface area contributed by atoms with E-state index in [9.17, 15) is 22.8 Å². The third-order valence-corrected chi connectivity index (χ3v) is 4.09. The van der Waals surface area contributed by atoms with Crippen molar-refractivity contribution in [1.29, 1.82) is 0 Å². The van der Waals surface area contributed by atoms with Gasteiger partial charge in [0, 0.05) is 17.2 Å². The van der Waals surface area contributed by atoms with Gasteiger partial charge in [0.25, 0.3) is 0 Å². The van der Waals surface area contributed by atoms with E-state index in [1.807, 2.05) is 0 Å². The lowest BCUT2D eigenvalue weighted by molar-refractivity contribution is -0.274. The number of benzene rings is 2. The summed E-state index contributed by atoms with van der Waals surface area (Å²) in [6.45, 7) is -0.0569. The molecule has 148 valence electrons. The number of esters is 1. The van der Waals surface area contributed by atoms with E-state index >= 15 is 0 Å². The van der Waals surface area contributed by atoms with Gasteiger partial charge in [-0.15, -0.1) is 13.2 Å². The van der Waals surface area contributed by atoms with Crippen molar-refractivity contribution in [2.45, 2.75) is 32.2 Å². The van der Waals surface area contributed by atoms with Crippen molar-refractivity contribution in [3.63, 3.8) is 0 Å². The van der Waals surface area contributed by atoms with Gasteiger partial charge in [0.15, 0.2) is 0 Å². The minimum Gasteiger partial charge on any atom is -0.460 e. The molecule has 0 radical (unpaired) electrons. The van der Waals surface area contributed by atoms with Crippen LogP contribution in [0.5, 0.6) is 5.75 Å². The number of alkyl halides is 3. The minimum atomic E-state index is -4.80. The Labute approximate surface area is 159 Å². The molecule has 0 atom stereocenters. The molecule has 0 bridgehead atoms. The maximum Gasteiger partial charge on any atom is 0.573 e. The van der Waals surface area contributed by atoms with Crippen LogP contribution in [0.1, 0.15) is 24.0 Å². The fourth-order valence-electron chi connectivity index (χ4n) is 2.58. The van der Waals surface area contributed by atoms with Gasteiger partial charge in [0.2, 0.25) is 5.91 Å². The molecule has 0 spiro atoms. The summed E-state index contributed by atoms with van der Waals surface area (Å²) < 4.78 is 45.9. The molecule has 8 heteroatoms. The predicted octanol–water partition coefficient (Wildman–Crippen LogP) is 4.22. The summed E-state index contributed by atoms with van der Waals surface area (Å²) in [5.74, 6) is -1.01. The highest BCUT2D eigenvalue weighted by Crippen LogP contribution is 2.31. The molecule has 1 fully saturated rings. The number of halogens is 3. The summed E-state index contributed by atoms with van der Waals surface area (Å²) >= 11 is 0. The van der Waals surface area contributed by atoms with Gasteiger partial charge in [-0.1, -0.05) is 30.3 Å². The Morgan fingerprint density at radius 2 is 1.82 bits per heavy atom. The molecule has 0 saturated heterocycles. The zero-order valence-corrected chi connectivity index (χ0v) is 14.8. The van der Waals surface area contributed by atoms with Gasteiger partial charge in [-0.3, -0.25) is 9.59 Å². The largest absolute Gasteiger partial charge is 0.573 e. The van der Waals surface area contributed by atoms with Crippen LogP contribution in [0.3, 0.4) is 0 Å². The van der Waals surface area contributed by atoms with Crippen molar-refractivity contribution in [2.75, 3.05) is 5.32 Å². The Kier molecular flexibility index (Phi) is 5.87. The minimum absolute atomic E-state index is 0.0433. The van der Waals surface area contributed by atoms with E-state index in [1.165, 1.54) is 12.1 Å². The van der Waals surface area contributed by atoms with Crippen LogP contribution in [0.15, 0.2) is 48.5 Å². The first-order valence-corrected chi connectivity index (χ1v) is 8.69. The lowest BCUT2D eigenvalue weighted by atomic mass is 10.1. The van der Waals surface area contributed by atoms with Gasteiger partial charge < -0.3 is 14.8 Å². The van der Waals surface area contributed by atoms with Crippen molar-refractivity contribution in [3.05, 3.63) is 59.7 Å². The Balaban J connectivity index is 1.56. The van der Waals surface area contributed by atoms with Crippen molar-refractivity contribution in [2.24, 2.45) is 5.92 Å². The normalized spacial score (nSPS) is 13.7. The van der Waals surface area contributed by atoms with Crippen LogP contribution in [-0.4, -0.2) is 18.2 Å². The molecular weight excluding hydrogens is 375 g/mol. The van der Waals surface area contributed by atoms with Crippen molar-refractivity contribution in [3.8, 4) is 5.75 Å². The number of ether oxygens (including phenoxy) is 2. The van der Waals surface area contributed by atoms with E-state index in [0.717, 1.165) is 25.0 Å². The van der Waals surface area contributed by atoms with Gasteiger partial charge in [-0.2, -0.15) is 0 Å². The van der Waals surface area contributed by atoms with Crippen LogP contribution >= 0.6 is 0 Å². The molecule has 2 aromatic rings. The second-order valence-electron chi connectivity index (χ2n) is 6.45. The molecule has 1 amide bonds. The van der Waals surface area contributed by atoms with Gasteiger partial charge in [-0.05, 0) is 36.6 Å². The molecule has 1 N–H and O–H groups in total. The Bertz CT molecular complexity index is 863. The standard InChI is InChI=1S/C20H18F3NO4/c21-20(22,23)28-16-6-3-4-13(10-16)11-18(25)27-12-15-5-1-2-7-17(15)24-19(26)14-8-9-14/h1-7,10,14H,8-9,11-12H2,(H,24,26). The Hall–Kier alpha value is -3.03. The molecule has 1 aliphatic rings. The first kappa shape index (κ1) is 19.7. The maximum absolute atomic E-state index is 12.3. The lowest BCUT2D eigenvalue weighted by Gasteiger charge is -2.12. The van der Waals surface area contributed by atoms with Crippen molar-refractivity contribution < 1.29 is 32.2 Å². The third kappa shape index (κ3) is 6.00. The molecule has 3 rings (SSSR count). The number of para-hydroxylation sites is 1. The number of rotatable bonds is 7. The lowest BCUT2D eigenvalue weighted by Crippen LogP contribution is -2.17. The summed E-state index contributed by atoms with van der Waals surface area (Å²) in [6, 6.07) is 12.1. The molecule has 0 heterocycles. The first-order chi connectivity index (χ1) is 13.3. The van der Waals surface area contributed by atoms with Gasteiger partial charge in [-0.25, -0.2) is 0 Å². The molecule has 0 aromatic heterocycles. The van der Waals surface area contributed by atoms with E-state index in [-0.39, 0.29) is 24.9 Å². The predicted molar refractivity (Wildman–Crippen MR) is 94.4 cm³/mol. The van der Waals surface area contributed by atoms with Crippen LogP contribution in [0.2, 0.25) is 0 Å². The number of carbonyl (C=O) groups excluding carboxylic acids is 2. The van der Waals surface area contributed by atoms with Gasteiger partial charge >= 0.3 is 12.3 Å². The van der Waals surface area contributed by atoms with Crippen LogP contribution in [-0.2, 0) is 27.4 Å². The number of amides is 1. The van der Waals surface area contributed by atoms with Crippen LogP contribution in [0.4, 0.5) is 18.9 Å². The second kappa shape index (κ2) is 8.33. The van der Waals surface area contributed by atoms with E-state index in [1.54, 1.807) is 24.3 Å². The fourth-order valence-corrected chi connectivity index (χ4v) is 2.58. The van der Waals surface area contributed by atoms with Crippen LogP contribution in [0, 0.1) is 5.92 Å². The molecule has 1 aliphatic carbocycles. The molecule has 1 saturated carbocycles. The topological polar surface area (TPSA) is 64.6 Å². The first-order valence-electron chi connectivity index (χ1n) is 8.69.